The number of anilines is 1. The van der Waals surface area contributed by atoms with Crippen molar-refractivity contribution in [1.29, 1.82) is 0 Å². The SMILES string of the molecule is CCOc1cc(/C=N\NC(=O)C(=O)NCc2ccc(C)cc2)cc(I)c1OCC(=O)Nc1c(C)cc(C)cc1C. The summed E-state index contributed by atoms with van der Waals surface area (Å²) in [6.07, 6.45) is 1.40. The van der Waals surface area contributed by atoms with Crippen LogP contribution in [0.3, 0.4) is 0 Å². The van der Waals surface area contributed by atoms with E-state index in [0.717, 1.165) is 33.5 Å². The van der Waals surface area contributed by atoms with E-state index in [0.29, 0.717) is 27.2 Å². The van der Waals surface area contributed by atoms with Gasteiger partial charge >= 0.3 is 11.8 Å². The summed E-state index contributed by atoms with van der Waals surface area (Å²) in [7, 11) is 0. The van der Waals surface area contributed by atoms with Crippen LogP contribution in [0.15, 0.2) is 53.6 Å². The van der Waals surface area contributed by atoms with Crippen LogP contribution in [0.1, 0.15) is 40.3 Å². The molecule has 3 rings (SSSR count). The number of halogens is 1. The summed E-state index contributed by atoms with van der Waals surface area (Å²) in [6.45, 7) is 10.1. The van der Waals surface area contributed by atoms with Crippen LogP contribution >= 0.6 is 22.6 Å². The van der Waals surface area contributed by atoms with E-state index in [1.807, 2.05) is 71.0 Å². The molecule has 40 heavy (non-hydrogen) atoms. The fourth-order valence-electron chi connectivity index (χ4n) is 3.94. The highest BCUT2D eigenvalue weighted by Gasteiger charge is 2.16. The molecule has 0 atom stereocenters. The van der Waals surface area contributed by atoms with Gasteiger partial charge in [0.25, 0.3) is 5.91 Å². The molecule has 0 aliphatic rings. The van der Waals surface area contributed by atoms with E-state index in [1.54, 1.807) is 12.1 Å². The monoisotopic (exact) mass is 656 g/mol. The van der Waals surface area contributed by atoms with Crippen molar-refractivity contribution in [1.82, 2.24) is 10.7 Å². The van der Waals surface area contributed by atoms with Crippen LogP contribution in [-0.4, -0.2) is 37.1 Å². The molecule has 0 radical (unpaired) electrons. The molecule has 10 heteroatoms. The Kier molecular flexibility index (Phi) is 11.1. The zero-order valence-electron chi connectivity index (χ0n) is 23.2. The zero-order chi connectivity index (χ0) is 29.2. The molecule has 0 fully saturated rings. The fourth-order valence-corrected chi connectivity index (χ4v) is 4.72. The molecular weight excluding hydrogens is 623 g/mol. The number of hydrazone groups is 1. The molecule has 3 amide bonds. The van der Waals surface area contributed by atoms with Crippen molar-refractivity contribution in [3.05, 3.63) is 85.5 Å². The quantitative estimate of drug-likeness (QED) is 0.127. The predicted octanol–water partition coefficient (Wildman–Crippen LogP) is 4.71. The minimum atomic E-state index is -0.881. The van der Waals surface area contributed by atoms with Crippen molar-refractivity contribution in [2.75, 3.05) is 18.5 Å². The van der Waals surface area contributed by atoms with E-state index in [4.69, 9.17) is 9.47 Å². The maximum absolute atomic E-state index is 12.6. The molecule has 3 aromatic rings. The Bertz CT molecular complexity index is 1400. The van der Waals surface area contributed by atoms with Crippen LogP contribution in [-0.2, 0) is 20.9 Å². The van der Waals surface area contributed by atoms with Gasteiger partial charge in [-0.1, -0.05) is 47.5 Å². The van der Waals surface area contributed by atoms with Crippen molar-refractivity contribution in [2.45, 2.75) is 41.2 Å². The van der Waals surface area contributed by atoms with Crippen LogP contribution in [0.2, 0.25) is 0 Å². The maximum atomic E-state index is 12.6. The number of hydrogen-bond acceptors (Lipinski definition) is 6. The van der Waals surface area contributed by atoms with Crippen LogP contribution < -0.4 is 25.5 Å². The minimum absolute atomic E-state index is 0.204. The minimum Gasteiger partial charge on any atom is -0.490 e. The third kappa shape index (κ3) is 8.80. The van der Waals surface area contributed by atoms with Crippen molar-refractivity contribution < 1.29 is 23.9 Å². The van der Waals surface area contributed by atoms with Crippen molar-refractivity contribution in [2.24, 2.45) is 5.10 Å². The third-order valence-electron chi connectivity index (χ3n) is 5.78. The van der Waals surface area contributed by atoms with Gasteiger partial charge in [0.15, 0.2) is 18.1 Å². The summed E-state index contributed by atoms with van der Waals surface area (Å²) in [4.78, 5) is 36.9. The Morgan fingerprint density at radius 1 is 0.900 bits per heavy atom. The van der Waals surface area contributed by atoms with Crippen LogP contribution in [0.25, 0.3) is 0 Å². The second-order valence-electron chi connectivity index (χ2n) is 9.24. The van der Waals surface area contributed by atoms with Gasteiger partial charge in [-0.2, -0.15) is 5.10 Å². The number of aryl methyl sites for hydroxylation is 4. The number of benzene rings is 3. The van der Waals surface area contributed by atoms with Crippen LogP contribution in [0.5, 0.6) is 11.5 Å². The van der Waals surface area contributed by atoms with E-state index in [2.05, 4.69) is 43.8 Å². The van der Waals surface area contributed by atoms with Gasteiger partial charge < -0.3 is 20.1 Å². The number of rotatable bonds is 10. The third-order valence-corrected chi connectivity index (χ3v) is 6.58. The average Bonchev–Trinajstić information content (AvgIpc) is 2.89. The molecule has 3 aromatic carbocycles. The second kappa shape index (κ2) is 14.5. The van der Waals surface area contributed by atoms with E-state index >= 15 is 0 Å². The van der Waals surface area contributed by atoms with Gasteiger partial charge in [-0.3, -0.25) is 14.4 Å². The summed E-state index contributed by atoms with van der Waals surface area (Å²) in [6, 6.07) is 15.1. The average molecular weight is 657 g/mol. The molecule has 0 heterocycles. The largest absolute Gasteiger partial charge is 0.490 e. The molecule has 0 saturated heterocycles. The number of carbonyl (C=O) groups is 3. The molecule has 0 bridgehead atoms. The molecule has 0 unspecified atom stereocenters. The molecule has 210 valence electrons. The van der Waals surface area contributed by atoms with Gasteiger partial charge in [-0.15, -0.1) is 0 Å². The number of nitrogens with zero attached hydrogens (tertiary/aromatic N) is 1. The van der Waals surface area contributed by atoms with Crippen molar-refractivity contribution in [3.63, 3.8) is 0 Å². The summed E-state index contributed by atoms with van der Waals surface area (Å²) >= 11 is 2.08. The Morgan fingerprint density at radius 3 is 2.23 bits per heavy atom. The first-order valence-corrected chi connectivity index (χ1v) is 13.8. The van der Waals surface area contributed by atoms with Gasteiger partial charge in [-0.25, -0.2) is 5.43 Å². The lowest BCUT2D eigenvalue weighted by Crippen LogP contribution is -2.37. The van der Waals surface area contributed by atoms with Crippen molar-refractivity contribution >= 4 is 52.2 Å². The molecule has 0 aliphatic carbocycles. The Morgan fingerprint density at radius 2 is 1.57 bits per heavy atom. The molecular formula is C30H33IN4O5. The van der Waals surface area contributed by atoms with E-state index in [-0.39, 0.29) is 19.1 Å². The lowest BCUT2D eigenvalue weighted by atomic mass is 10.1. The van der Waals surface area contributed by atoms with E-state index < -0.39 is 11.8 Å². The van der Waals surface area contributed by atoms with Gasteiger partial charge in [0, 0.05) is 12.2 Å². The number of carbonyl (C=O) groups excluding carboxylic acids is 3. The predicted molar refractivity (Wildman–Crippen MR) is 164 cm³/mol. The van der Waals surface area contributed by atoms with Gasteiger partial charge in [0.1, 0.15) is 0 Å². The maximum Gasteiger partial charge on any atom is 0.329 e. The standard InChI is InChI=1S/C30H33IN4O5/c1-6-39-25-14-23(16-33-35-30(38)29(37)32-15-22-9-7-18(2)8-10-22)13-24(31)28(25)40-17-26(36)34-27-20(4)11-19(3)12-21(27)5/h7-14,16H,6,15,17H2,1-5H3,(H,32,37)(H,34,36)(H,35,38)/b33-16-. The molecule has 0 saturated carbocycles. The summed E-state index contributed by atoms with van der Waals surface area (Å²) < 4.78 is 12.3. The molecule has 9 nitrogen and oxygen atoms in total. The van der Waals surface area contributed by atoms with Gasteiger partial charge in [0.05, 0.1) is 16.4 Å². The summed E-state index contributed by atoms with van der Waals surface area (Å²) in [5, 5.41) is 9.38. The number of ether oxygens (including phenoxy) is 2. The van der Waals surface area contributed by atoms with Gasteiger partial charge in [-0.05, 0) is 91.6 Å². The lowest BCUT2D eigenvalue weighted by molar-refractivity contribution is -0.139. The van der Waals surface area contributed by atoms with E-state index in [1.165, 1.54) is 6.21 Å². The van der Waals surface area contributed by atoms with Gasteiger partial charge in [0.2, 0.25) is 0 Å². The lowest BCUT2D eigenvalue weighted by Gasteiger charge is -2.16. The normalized spacial score (nSPS) is 10.8. The first-order chi connectivity index (χ1) is 19.1. The second-order valence-corrected chi connectivity index (χ2v) is 10.4. The summed E-state index contributed by atoms with van der Waals surface area (Å²) in [5.74, 6) is -1.11. The Labute approximate surface area is 247 Å². The summed E-state index contributed by atoms with van der Waals surface area (Å²) in [5.41, 5.74) is 8.69. The number of hydrogen-bond donors (Lipinski definition) is 3. The first-order valence-electron chi connectivity index (χ1n) is 12.7. The molecule has 0 aliphatic heterocycles. The highest BCUT2D eigenvalue weighted by atomic mass is 127. The number of nitrogens with one attached hydrogen (secondary N) is 3. The molecule has 0 aromatic heterocycles. The Hall–Kier alpha value is -3.93. The number of amides is 3. The highest BCUT2D eigenvalue weighted by molar-refractivity contribution is 14.1. The van der Waals surface area contributed by atoms with Crippen molar-refractivity contribution in [3.8, 4) is 11.5 Å². The molecule has 0 spiro atoms. The fraction of sp³-hybridized carbons (Fsp3) is 0.267. The zero-order valence-corrected chi connectivity index (χ0v) is 25.3. The highest BCUT2D eigenvalue weighted by Crippen LogP contribution is 2.34. The van der Waals surface area contributed by atoms with E-state index in [9.17, 15) is 14.4 Å². The topological polar surface area (TPSA) is 118 Å². The van der Waals surface area contributed by atoms with Crippen LogP contribution in [0.4, 0.5) is 5.69 Å². The smallest absolute Gasteiger partial charge is 0.329 e. The molecule has 3 N–H and O–H groups in total. The first kappa shape index (κ1) is 30.6. The Balaban J connectivity index is 1.59. The van der Waals surface area contributed by atoms with Crippen LogP contribution in [0, 0.1) is 31.3 Å².